The van der Waals surface area contributed by atoms with E-state index in [1.165, 1.54) is 6.33 Å². The third-order valence-electron chi connectivity index (χ3n) is 3.41. The van der Waals surface area contributed by atoms with Crippen LogP contribution in [0.2, 0.25) is 0 Å². The van der Waals surface area contributed by atoms with E-state index in [0.29, 0.717) is 18.9 Å². The van der Waals surface area contributed by atoms with E-state index in [2.05, 4.69) is 17.0 Å². The fourth-order valence-electron chi connectivity index (χ4n) is 2.30. The van der Waals surface area contributed by atoms with Crippen LogP contribution in [-0.2, 0) is 11.3 Å². The Labute approximate surface area is 100 Å². The first-order valence-electron chi connectivity index (χ1n) is 5.95. The van der Waals surface area contributed by atoms with E-state index in [0.717, 1.165) is 13.0 Å². The van der Waals surface area contributed by atoms with Crippen molar-refractivity contribution < 1.29 is 9.90 Å². The lowest BCUT2D eigenvalue weighted by atomic mass is 10.0. The third kappa shape index (κ3) is 2.63. The minimum Gasteiger partial charge on any atom is -0.394 e. The van der Waals surface area contributed by atoms with Gasteiger partial charge in [0.05, 0.1) is 19.2 Å². The second-order valence-electron chi connectivity index (χ2n) is 4.51. The van der Waals surface area contributed by atoms with E-state index in [1.54, 1.807) is 15.9 Å². The molecule has 1 aliphatic heterocycles. The molecule has 1 amide bonds. The highest BCUT2D eigenvalue weighted by atomic mass is 16.3. The van der Waals surface area contributed by atoms with Crippen LogP contribution in [0, 0.1) is 5.92 Å². The van der Waals surface area contributed by atoms with E-state index in [9.17, 15) is 9.90 Å². The fourth-order valence-corrected chi connectivity index (χ4v) is 2.30. The van der Waals surface area contributed by atoms with Crippen LogP contribution in [0.5, 0.6) is 0 Å². The van der Waals surface area contributed by atoms with Gasteiger partial charge in [-0.15, -0.1) is 0 Å². The maximum absolute atomic E-state index is 12.0. The van der Waals surface area contributed by atoms with Gasteiger partial charge in [0.15, 0.2) is 0 Å². The van der Waals surface area contributed by atoms with Gasteiger partial charge >= 0.3 is 0 Å². The normalized spacial score (nSPS) is 24.2. The zero-order chi connectivity index (χ0) is 12.3. The highest BCUT2D eigenvalue weighted by Crippen LogP contribution is 2.24. The largest absolute Gasteiger partial charge is 0.394 e. The van der Waals surface area contributed by atoms with Crippen LogP contribution >= 0.6 is 0 Å². The van der Waals surface area contributed by atoms with Crippen LogP contribution in [0.4, 0.5) is 0 Å². The summed E-state index contributed by atoms with van der Waals surface area (Å²) in [4.78, 5) is 17.6. The molecule has 1 fully saturated rings. The van der Waals surface area contributed by atoms with Gasteiger partial charge in [-0.2, -0.15) is 5.10 Å². The van der Waals surface area contributed by atoms with Gasteiger partial charge in [-0.3, -0.25) is 9.48 Å². The molecule has 1 saturated heterocycles. The first-order chi connectivity index (χ1) is 8.22. The molecule has 1 N–H and O–H groups in total. The number of hydrogen-bond donors (Lipinski definition) is 1. The molecule has 1 aromatic heterocycles. The monoisotopic (exact) mass is 238 g/mol. The molecule has 0 bridgehead atoms. The third-order valence-corrected chi connectivity index (χ3v) is 3.41. The SMILES string of the molecule is CC1CCN(C(=O)CCn2cncn2)C1CO. The van der Waals surface area contributed by atoms with E-state index in [4.69, 9.17) is 0 Å². The molecule has 1 aromatic rings. The molecule has 6 heteroatoms. The van der Waals surface area contributed by atoms with Crippen molar-refractivity contribution in [2.75, 3.05) is 13.2 Å². The van der Waals surface area contributed by atoms with Gasteiger partial charge in [0.1, 0.15) is 12.7 Å². The van der Waals surface area contributed by atoms with Crippen molar-refractivity contribution >= 4 is 5.91 Å². The molecule has 17 heavy (non-hydrogen) atoms. The number of carbonyl (C=O) groups is 1. The van der Waals surface area contributed by atoms with Crippen LogP contribution in [0.25, 0.3) is 0 Å². The van der Waals surface area contributed by atoms with Crippen LogP contribution < -0.4 is 0 Å². The molecule has 2 atom stereocenters. The van der Waals surface area contributed by atoms with Crippen molar-refractivity contribution in [1.29, 1.82) is 0 Å². The van der Waals surface area contributed by atoms with Gasteiger partial charge in [-0.25, -0.2) is 4.98 Å². The predicted molar refractivity (Wildman–Crippen MR) is 61.0 cm³/mol. The van der Waals surface area contributed by atoms with Gasteiger partial charge in [-0.05, 0) is 12.3 Å². The number of likely N-dealkylation sites (tertiary alicyclic amines) is 1. The summed E-state index contributed by atoms with van der Waals surface area (Å²) in [5.74, 6) is 0.472. The highest BCUT2D eigenvalue weighted by molar-refractivity contribution is 5.76. The van der Waals surface area contributed by atoms with Crippen LogP contribution in [0.1, 0.15) is 19.8 Å². The maximum atomic E-state index is 12.0. The Morgan fingerprint density at radius 1 is 1.59 bits per heavy atom. The van der Waals surface area contributed by atoms with Gasteiger partial charge < -0.3 is 10.0 Å². The van der Waals surface area contributed by atoms with Crippen molar-refractivity contribution in [3.63, 3.8) is 0 Å². The van der Waals surface area contributed by atoms with E-state index < -0.39 is 0 Å². The number of aryl methyl sites for hydroxylation is 1. The smallest absolute Gasteiger partial charge is 0.224 e. The lowest BCUT2D eigenvalue weighted by molar-refractivity contribution is -0.133. The zero-order valence-electron chi connectivity index (χ0n) is 9.99. The highest BCUT2D eigenvalue weighted by Gasteiger charge is 2.33. The van der Waals surface area contributed by atoms with Crippen molar-refractivity contribution in [2.45, 2.75) is 32.4 Å². The standard InChI is InChI=1S/C11H18N4O2/c1-9-2-5-15(10(9)6-16)11(17)3-4-14-8-12-7-13-14/h7-10,16H,2-6H2,1H3. The second-order valence-corrected chi connectivity index (χ2v) is 4.51. The lowest BCUT2D eigenvalue weighted by Crippen LogP contribution is -2.40. The molecule has 0 spiro atoms. The quantitative estimate of drug-likeness (QED) is 0.795. The van der Waals surface area contributed by atoms with Crippen molar-refractivity contribution in [1.82, 2.24) is 19.7 Å². The topological polar surface area (TPSA) is 71.2 Å². The summed E-state index contributed by atoms with van der Waals surface area (Å²) in [6.07, 6.45) is 4.44. The molecule has 2 heterocycles. The Bertz CT molecular complexity index is 366. The van der Waals surface area contributed by atoms with Crippen molar-refractivity contribution in [3.8, 4) is 0 Å². The van der Waals surface area contributed by atoms with Gasteiger partial charge in [0.25, 0.3) is 0 Å². The minimum absolute atomic E-state index is 0.0155. The maximum Gasteiger partial charge on any atom is 0.224 e. The molecule has 0 aromatic carbocycles. The first-order valence-corrected chi connectivity index (χ1v) is 5.95. The second kappa shape index (κ2) is 5.27. The molecular weight excluding hydrogens is 220 g/mol. The molecule has 0 saturated carbocycles. The Kier molecular flexibility index (Phi) is 3.73. The average molecular weight is 238 g/mol. The first kappa shape index (κ1) is 12.0. The molecule has 1 aliphatic rings. The molecule has 2 rings (SSSR count). The molecule has 0 radical (unpaired) electrons. The van der Waals surface area contributed by atoms with Crippen LogP contribution in [0.3, 0.4) is 0 Å². The fraction of sp³-hybridized carbons (Fsp3) is 0.727. The number of carbonyl (C=O) groups excluding carboxylic acids is 1. The van der Waals surface area contributed by atoms with E-state index in [-0.39, 0.29) is 18.6 Å². The summed E-state index contributed by atoms with van der Waals surface area (Å²) >= 11 is 0. The number of hydrogen-bond acceptors (Lipinski definition) is 4. The number of nitrogens with zero attached hydrogens (tertiary/aromatic N) is 4. The molecule has 94 valence electrons. The molecule has 0 aliphatic carbocycles. The summed E-state index contributed by atoms with van der Waals surface area (Å²) in [6, 6.07) is -0.0155. The number of rotatable bonds is 4. The number of aromatic nitrogens is 3. The number of aliphatic hydroxyl groups excluding tert-OH is 1. The number of aliphatic hydroxyl groups is 1. The lowest BCUT2D eigenvalue weighted by Gasteiger charge is -2.25. The van der Waals surface area contributed by atoms with E-state index in [1.807, 2.05) is 0 Å². The van der Waals surface area contributed by atoms with E-state index >= 15 is 0 Å². The van der Waals surface area contributed by atoms with Crippen molar-refractivity contribution in [3.05, 3.63) is 12.7 Å². The van der Waals surface area contributed by atoms with Crippen LogP contribution in [-0.4, -0.2) is 49.9 Å². The molecular formula is C11H18N4O2. The summed E-state index contributed by atoms with van der Waals surface area (Å²) in [6.45, 7) is 3.42. The zero-order valence-corrected chi connectivity index (χ0v) is 9.99. The minimum atomic E-state index is -0.0155. The Hall–Kier alpha value is -1.43. The van der Waals surface area contributed by atoms with Gasteiger partial charge in [-0.1, -0.05) is 6.92 Å². The average Bonchev–Trinajstić information content (AvgIpc) is 2.94. The molecule has 6 nitrogen and oxygen atoms in total. The van der Waals surface area contributed by atoms with Gasteiger partial charge in [0, 0.05) is 13.0 Å². The summed E-state index contributed by atoms with van der Waals surface area (Å²) in [7, 11) is 0. The predicted octanol–water partition coefficient (Wildman–Crippen LogP) is -0.103. The summed E-state index contributed by atoms with van der Waals surface area (Å²) < 4.78 is 1.64. The van der Waals surface area contributed by atoms with Crippen LogP contribution in [0.15, 0.2) is 12.7 Å². The Balaban J connectivity index is 1.87. The molecule has 2 unspecified atom stereocenters. The van der Waals surface area contributed by atoms with Gasteiger partial charge in [0.2, 0.25) is 5.91 Å². The summed E-state index contributed by atoms with van der Waals surface area (Å²) in [5.41, 5.74) is 0. The number of amides is 1. The van der Waals surface area contributed by atoms with Crippen molar-refractivity contribution in [2.24, 2.45) is 5.92 Å². The summed E-state index contributed by atoms with van der Waals surface area (Å²) in [5, 5.41) is 13.2. The Morgan fingerprint density at radius 2 is 2.41 bits per heavy atom. The Morgan fingerprint density at radius 3 is 3.06 bits per heavy atom.